The number of hydrogen-bond acceptors (Lipinski definition) is 2. The number of rotatable bonds is 4. The van der Waals surface area contributed by atoms with E-state index in [0.29, 0.717) is 5.92 Å². The molecule has 0 spiro atoms. The van der Waals surface area contributed by atoms with Crippen LogP contribution in [0.15, 0.2) is 66.9 Å². The molecule has 0 amide bonds. The first-order valence-electron chi connectivity index (χ1n) is 8.97. The van der Waals surface area contributed by atoms with Crippen LogP contribution in [0.2, 0.25) is 0 Å². The molecule has 0 radical (unpaired) electrons. The van der Waals surface area contributed by atoms with Gasteiger partial charge < -0.3 is 0 Å². The number of benzene rings is 3. The summed E-state index contributed by atoms with van der Waals surface area (Å²) in [5.74, 6) is 0.408. The normalized spacial score (nSPS) is 12.6. The van der Waals surface area contributed by atoms with Gasteiger partial charge in [0.1, 0.15) is 0 Å². The van der Waals surface area contributed by atoms with Gasteiger partial charge in [0.05, 0.1) is 16.7 Å². The van der Waals surface area contributed by atoms with E-state index >= 15 is 0 Å². The van der Waals surface area contributed by atoms with Crippen molar-refractivity contribution in [3.8, 4) is 0 Å². The van der Waals surface area contributed by atoms with Crippen molar-refractivity contribution in [1.82, 2.24) is 9.97 Å². The van der Waals surface area contributed by atoms with E-state index in [0.717, 1.165) is 29.6 Å². The molecule has 4 aromatic rings. The van der Waals surface area contributed by atoms with E-state index in [1.54, 1.807) is 0 Å². The van der Waals surface area contributed by atoms with E-state index in [-0.39, 0.29) is 0 Å². The highest BCUT2D eigenvalue weighted by Gasteiger charge is 2.10. The van der Waals surface area contributed by atoms with E-state index in [1.807, 2.05) is 6.20 Å². The lowest BCUT2D eigenvalue weighted by Gasteiger charge is -2.13. The molecular weight excluding hydrogens is 304 g/mol. The molecule has 124 valence electrons. The highest BCUT2D eigenvalue weighted by Crippen LogP contribution is 2.25. The van der Waals surface area contributed by atoms with Gasteiger partial charge in [-0.05, 0) is 46.7 Å². The highest BCUT2D eigenvalue weighted by molar-refractivity contribution is 5.83. The van der Waals surface area contributed by atoms with Gasteiger partial charge in [-0.25, -0.2) is 4.98 Å². The average Bonchev–Trinajstić information content (AvgIpc) is 2.66. The van der Waals surface area contributed by atoms with Crippen LogP contribution < -0.4 is 0 Å². The predicted octanol–water partition coefficient (Wildman–Crippen LogP) is 5.69. The Hall–Kier alpha value is -2.74. The van der Waals surface area contributed by atoms with Crippen molar-refractivity contribution in [2.24, 2.45) is 0 Å². The van der Waals surface area contributed by atoms with Gasteiger partial charge in [-0.2, -0.15) is 0 Å². The number of aryl methyl sites for hydroxylation is 1. The second kappa shape index (κ2) is 6.64. The van der Waals surface area contributed by atoms with Crippen molar-refractivity contribution < 1.29 is 0 Å². The molecule has 1 unspecified atom stereocenters. The van der Waals surface area contributed by atoms with Crippen molar-refractivity contribution in [2.45, 2.75) is 32.6 Å². The minimum Gasteiger partial charge on any atom is -0.252 e. The first-order chi connectivity index (χ1) is 12.2. The van der Waals surface area contributed by atoms with Crippen LogP contribution in [0.4, 0.5) is 0 Å². The molecule has 0 fully saturated rings. The molecular formula is C23H22N2. The first kappa shape index (κ1) is 15.8. The van der Waals surface area contributed by atoms with Crippen LogP contribution in [0.3, 0.4) is 0 Å². The maximum absolute atomic E-state index is 4.85. The van der Waals surface area contributed by atoms with Gasteiger partial charge in [0.15, 0.2) is 0 Å². The van der Waals surface area contributed by atoms with Gasteiger partial charge in [0, 0.05) is 6.20 Å². The second-order valence-electron chi connectivity index (χ2n) is 6.71. The van der Waals surface area contributed by atoms with Gasteiger partial charge in [-0.1, -0.05) is 68.4 Å². The van der Waals surface area contributed by atoms with Crippen LogP contribution in [0.5, 0.6) is 0 Å². The Morgan fingerprint density at radius 1 is 0.920 bits per heavy atom. The molecule has 0 N–H and O–H groups in total. The lowest BCUT2D eigenvalue weighted by Crippen LogP contribution is -2.02. The van der Waals surface area contributed by atoms with E-state index in [1.165, 1.54) is 21.9 Å². The summed E-state index contributed by atoms with van der Waals surface area (Å²) in [6.07, 6.45) is 3.83. The lowest BCUT2D eigenvalue weighted by molar-refractivity contribution is 0.741. The molecule has 1 aromatic heterocycles. The Balaban J connectivity index is 1.63. The van der Waals surface area contributed by atoms with Crippen molar-refractivity contribution in [3.63, 3.8) is 0 Å². The number of nitrogens with zero attached hydrogens (tertiary/aromatic N) is 2. The summed E-state index contributed by atoms with van der Waals surface area (Å²) in [5.41, 5.74) is 5.71. The van der Waals surface area contributed by atoms with Crippen LogP contribution in [-0.2, 0) is 12.8 Å². The summed E-state index contributed by atoms with van der Waals surface area (Å²) in [6.45, 7) is 4.42. The van der Waals surface area contributed by atoms with Gasteiger partial charge in [0.2, 0.25) is 0 Å². The number of hydrogen-bond donors (Lipinski definition) is 0. The molecule has 0 saturated heterocycles. The molecule has 0 aliphatic rings. The molecule has 2 nitrogen and oxygen atoms in total. The van der Waals surface area contributed by atoms with Crippen LogP contribution >= 0.6 is 0 Å². The molecule has 1 heterocycles. The smallest absolute Gasteiger partial charge is 0.0918 e. The third-order valence-corrected chi connectivity index (χ3v) is 4.94. The van der Waals surface area contributed by atoms with Gasteiger partial charge >= 0.3 is 0 Å². The molecule has 25 heavy (non-hydrogen) atoms. The predicted molar refractivity (Wildman–Crippen MR) is 105 cm³/mol. The Kier molecular flexibility index (Phi) is 4.19. The minimum absolute atomic E-state index is 0.408. The van der Waals surface area contributed by atoms with E-state index in [4.69, 9.17) is 4.98 Å². The fourth-order valence-electron chi connectivity index (χ4n) is 3.47. The third-order valence-electron chi connectivity index (χ3n) is 4.94. The summed E-state index contributed by atoms with van der Waals surface area (Å²) < 4.78 is 0. The SMILES string of the molecule is CCc1cccc2nc(CC(C)c3ccc4ccccc4c3)cnc12. The van der Waals surface area contributed by atoms with Crippen LogP contribution in [0.1, 0.15) is 36.6 Å². The average molecular weight is 326 g/mol. The van der Waals surface area contributed by atoms with E-state index in [2.05, 4.69) is 79.5 Å². The largest absolute Gasteiger partial charge is 0.252 e. The molecule has 3 aromatic carbocycles. The van der Waals surface area contributed by atoms with Crippen LogP contribution in [0.25, 0.3) is 21.8 Å². The summed E-state index contributed by atoms with van der Waals surface area (Å²) in [7, 11) is 0. The first-order valence-corrected chi connectivity index (χ1v) is 8.97. The zero-order valence-corrected chi connectivity index (χ0v) is 14.7. The minimum atomic E-state index is 0.408. The van der Waals surface area contributed by atoms with Gasteiger partial charge in [-0.15, -0.1) is 0 Å². The highest BCUT2D eigenvalue weighted by atomic mass is 14.8. The van der Waals surface area contributed by atoms with E-state index < -0.39 is 0 Å². The summed E-state index contributed by atoms with van der Waals surface area (Å²) in [6, 6.07) is 21.5. The summed E-state index contributed by atoms with van der Waals surface area (Å²) in [5, 5.41) is 2.58. The molecule has 4 rings (SSSR count). The quantitative estimate of drug-likeness (QED) is 0.481. The molecule has 1 atom stereocenters. The fraction of sp³-hybridized carbons (Fsp3) is 0.217. The molecule has 2 heteroatoms. The molecule has 0 saturated carbocycles. The Morgan fingerprint density at radius 3 is 2.60 bits per heavy atom. The topological polar surface area (TPSA) is 25.8 Å². The zero-order chi connectivity index (χ0) is 17.2. The Morgan fingerprint density at radius 2 is 1.76 bits per heavy atom. The van der Waals surface area contributed by atoms with Gasteiger partial charge in [0.25, 0.3) is 0 Å². The standard InChI is InChI=1S/C23H22N2/c1-3-17-9-6-10-22-23(17)24-15-21(25-22)13-16(2)19-12-11-18-7-4-5-8-20(18)14-19/h4-12,14-16H,3,13H2,1-2H3. The molecule has 0 aliphatic heterocycles. The van der Waals surface area contributed by atoms with Crippen molar-refractivity contribution in [2.75, 3.05) is 0 Å². The zero-order valence-electron chi connectivity index (χ0n) is 14.7. The van der Waals surface area contributed by atoms with Crippen molar-refractivity contribution in [3.05, 3.63) is 83.7 Å². The monoisotopic (exact) mass is 326 g/mol. The summed E-state index contributed by atoms with van der Waals surface area (Å²) >= 11 is 0. The van der Waals surface area contributed by atoms with Crippen LogP contribution in [0, 0.1) is 0 Å². The Labute approximate surface area is 148 Å². The third kappa shape index (κ3) is 3.12. The maximum Gasteiger partial charge on any atom is 0.0918 e. The molecule has 0 aliphatic carbocycles. The molecule has 0 bridgehead atoms. The van der Waals surface area contributed by atoms with Crippen molar-refractivity contribution >= 4 is 21.8 Å². The second-order valence-corrected chi connectivity index (χ2v) is 6.71. The maximum atomic E-state index is 4.85. The van der Waals surface area contributed by atoms with E-state index in [9.17, 15) is 0 Å². The number of fused-ring (bicyclic) bond motifs is 2. The Bertz CT molecular complexity index is 1040. The lowest BCUT2D eigenvalue weighted by atomic mass is 9.94. The number of para-hydroxylation sites is 1. The summed E-state index contributed by atoms with van der Waals surface area (Å²) in [4.78, 5) is 9.54. The fourth-order valence-corrected chi connectivity index (χ4v) is 3.47. The van der Waals surface area contributed by atoms with Crippen molar-refractivity contribution in [1.29, 1.82) is 0 Å². The van der Waals surface area contributed by atoms with Gasteiger partial charge in [-0.3, -0.25) is 4.98 Å². The van der Waals surface area contributed by atoms with Crippen LogP contribution in [-0.4, -0.2) is 9.97 Å². The number of aromatic nitrogens is 2.